The van der Waals surface area contributed by atoms with Gasteiger partial charge in [0.25, 0.3) is 0 Å². The number of rotatable bonds is 4. The lowest BCUT2D eigenvalue weighted by Gasteiger charge is -2.14. The smallest absolute Gasteiger partial charge is 0.135 e. The summed E-state index contributed by atoms with van der Waals surface area (Å²) < 4.78 is 6.25. The highest BCUT2D eigenvalue weighted by Crippen LogP contribution is 2.35. The molecule has 4 N–H and O–H groups in total. The molecule has 130 valence electrons. The second-order valence-corrected chi connectivity index (χ2v) is 6.36. The van der Waals surface area contributed by atoms with Crippen LogP contribution in [0.15, 0.2) is 48.5 Å². The fourth-order valence-electron chi connectivity index (χ4n) is 3.73. The van der Waals surface area contributed by atoms with E-state index in [0.29, 0.717) is 0 Å². The number of hydrogen-bond donors (Lipinski definition) is 2. The normalized spacial score (nSPS) is 12.4. The zero-order valence-electron chi connectivity index (χ0n) is 15.1. The van der Waals surface area contributed by atoms with Gasteiger partial charge < -0.3 is 16.2 Å². The van der Waals surface area contributed by atoms with Gasteiger partial charge in [-0.2, -0.15) is 0 Å². The van der Waals surface area contributed by atoms with Crippen LogP contribution in [0.25, 0.3) is 10.8 Å². The molecule has 3 nitrogen and oxygen atoms in total. The van der Waals surface area contributed by atoms with Crippen molar-refractivity contribution in [3.05, 3.63) is 65.2 Å². The van der Waals surface area contributed by atoms with Gasteiger partial charge in [0.15, 0.2) is 0 Å². The Labute approximate surface area is 149 Å². The van der Waals surface area contributed by atoms with Crippen LogP contribution < -0.4 is 16.2 Å². The molecule has 1 heterocycles. The van der Waals surface area contributed by atoms with Crippen LogP contribution in [0.5, 0.6) is 11.5 Å². The van der Waals surface area contributed by atoms with Gasteiger partial charge in [0, 0.05) is 23.7 Å². The fourth-order valence-corrected chi connectivity index (χ4v) is 3.73. The van der Waals surface area contributed by atoms with Crippen molar-refractivity contribution >= 4 is 16.5 Å². The van der Waals surface area contributed by atoms with Gasteiger partial charge in [-0.1, -0.05) is 44.2 Å². The molecule has 0 aliphatic carbocycles. The van der Waals surface area contributed by atoms with E-state index in [-0.39, 0.29) is 6.15 Å². The number of nitrogens with one attached hydrogen (secondary N) is 1. The van der Waals surface area contributed by atoms with E-state index in [4.69, 9.17) is 4.74 Å². The highest BCUT2D eigenvalue weighted by molar-refractivity contribution is 5.92. The van der Waals surface area contributed by atoms with Crippen molar-refractivity contribution in [1.82, 2.24) is 6.15 Å². The van der Waals surface area contributed by atoms with Crippen LogP contribution in [0.1, 0.15) is 30.5 Å². The molecule has 0 bridgehead atoms. The summed E-state index contributed by atoms with van der Waals surface area (Å²) in [7, 11) is 0. The van der Waals surface area contributed by atoms with Gasteiger partial charge >= 0.3 is 0 Å². The third kappa shape index (κ3) is 3.08. The Morgan fingerprint density at radius 2 is 1.84 bits per heavy atom. The fraction of sp³-hybridized carbons (Fsp3) is 0.273. The van der Waals surface area contributed by atoms with Gasteiger partial charge in [0.2, 0.25) is 0 Å². The van der Waals surface area contributed by atoms with E-state index in [1.807, 2.05) is 0 Å². The van der Waals surface area contributed by atoms with Crippen molar-refractivity contribution < 1.29 is 4.74 Å². The predicted octanol–water partition coefficient (Wildman–Crippen LogP) is 5.89. The number of ether oxygens (including phenoxy) is 1. The van der Waals surface area contributed by atoms with Crippen LogP contribution in [0.4, 0.5) is 5.69 Å². The van der Waals surface area contributed by atoms with Crippen LogP contribution in [-0.2, 0) is 19.3 Å². The molecule has 3 aromatic carbocycles. The highest BCUT2D eigenvalue weighted by Gasteiger charge is 2.13. The second-order valence-electron chi connectivity index (χ2n) is 6.36. The second kappa shape index (κ2) is 7.16. The number of hydrogen-bond acceptors (Lipinski definition) is 3. The third-order valence-electron chi connectivity index (χ3n) is 4.98. The van der Waals surface area contributed by atoms with Crippen molar-refractivity contribution in [2.45, 2.75) is 33.1 Å². The SMILES string of the molecule is CCc1ccc2c(Oc3ccc4c(c3)NCC4)cccc2c1CC.N. The molecule has 3 aromatic rings. The number of anilines is 1. The topological polar surface area (TPSA) is 56.3 Å². The highest BCUT2D eigenvalue weighted by atomic mass is 16.5. The summed E-state index contributed by atoms with van der Waals surface area (Å²) in [5.74, 6) is 1.83. The Kier molecular flexibility index (Phi) is 4.95. The van der Waals surface area contributed by atoms with E-state index in [1.165, 1.54) is 33.2 Å². The van der Waals surface area contributed by atoms with Crippen LogP contribution in [-0.4, -0.2) is 6.54 Å². The zero-order valence-corrected chi connectivity index (χ0v) is 15.1. The first-order valence-corrected chi connectivity index (χ1v) is 8.88. The summed E-state index contributed by atoms with van der Waals surface area (Å²) in [5.41, 5.74) is 5.45. The van der Waals surface area contributed by atoms with E-state index >= 15 is 0 Å². The van der Waals surface area contributed by atoms with Crippen molar-refractivity contribution in [2.24, 2.45) is 0 Å². The first kappa shape index (κ1) is 17.3. The summed E-state index contributed by atoms with van der Waals surface area (Å²) >= 11 is 0. The lowest BCUT2D eigenvalue weighted by molar-refractivity contribution is 0.488. The average molecular weight is 334 g/mol. The molecule has 1 aliphatic heterocycles. The average Bonchev–Trinajstić information content (AvgIpc) is 3.08. The Bertz CT molecular complexity index is 902. The van der Waals surface area contributed by atoms with Crippen molar-refractivity contribution in [3.8, 4) is 11.5 Å². The van der Waals surface area contributed by atoms with Crippen molar-refractivity contribution in [1.29, 1.82) is 0 Å². The lowest BCUT2D eigenvalue weighted by atomic mass is 9.95. The maximum Gasteiger partial charge on any atom is 0.135 e. The zero-order chi connectivity index (χ0) is 16.5. The van der Waals surface area contributed by atoms with Gasteiger partial charge in [-0.3, -0.25) is 0 Å². The third-order valence-corrected chi connectivity index (χ3v) is 4.98. The molecule has 0 fully saturated rings. The molecule has 0 atom stereocenters. The maximum atomic E-state index is 6.25. The molecular weight excluding hydrogens is 308 g/mol. The van der Waals surface area contributed by atoms with Gasteiger partial charge in [-0.15, -0.1) is 0 Å². The molecule has 1 aliphatic rings. The Morgan fingerprint density at radius 1 is 0.960 bits per heavy atom. The van der Waals surface area contributed by atoms with Crippen LogP contribution in [0, 0.1) is 0 Å². The number of aryl methyl sites for hydroxylation is 2. The summed E-state index contributed by atoms with van der Waals surface area (Å²) in [6.45, 7) is 5.47. The Hall–Kier alpha value is -2.52. The lowest BCUT2D eigenvalue weighted by Crippen LogP contribution is -1.94. The van der Waals surface area contributed by atoms with Gasteiger partial charge in [-0.25, -0.2) is 0 Å². The van der Waals surface area contributed by atoms with Crippen molar-refractivity contribution in [3.63, 3.8) is 0 Å². The quantitative estimate of drug-likeness (QED) is 0.625. The molecule has 0 aromatic heterocycles. The molecular formula is C22H26N2O. The maximum absolute atomic E-state index is 6.25. The summed E-state index contributed by atoms with van der Waals surface area (Å²) in [6.07, 6.45) is 3.22. The Balaban J connectivity index is 0.00000182. The summed E-state index contributed by atoms with van der Waals surface area (Å²) in [4.78, 5) is 0. The van der Waals surface area contributed by atoms with E-state index < -0.39 is 0 Å². The van der Waals surface area contributed by atoms with Gasteiger partial charge in [0.1, 0.15) is 11.5 Å². The number of fused-ring (bicyclic) bond motifs is 2. The molecule has 0 saturated heterocycles. The summed E-state index contributed by atoms with van der Waals surface area (Å²) in [5, 5.41) is 5.92. The van der Waals surface area contributed by atoms with Gasteiger partial charge in [0.05, 0.1) is 0 Å². The largest absolute Gasteiger partial charge is 0.457 e. The van der Waals surface area contributed by atoms with Gasteiger partial charge in [-0.05, 0) is 53.5 Å². The Morgan fingerprint density at radius 3 is 2.64 bits per heavy atom. The molecule has 0 amide bonds. The first-order chi connectivity index (χ1) is 11.8. The minimum Gasteiger partial charge on any atom is -0.457 e. The molecule has 3 heteroatoms. The molecule has 0 radical (unpaired) electrons. The summed E-state index contributed by atoms with van der Waals surface area (Å²) in [6, 6.07) is 17.2. The minimum atomic E-state index is 0. The number of benzene rings is 3. The van der Waals surface area contributed by atoms with E-state index in [9.17, 15) is 0 Å². The monoisotopic (exact) mass is 334 g/mol. The van der Waals surface area contributed by atoms with Crippen molar-refractivity contribution in [2.75, 3.05) is 11.9 Å². The van der Waals surface area contributed by atoms with E-state index in [0.717, 1.165) is 37.3 Å². The van der Waals surface area contributed by atoms with E-state index in [1.54, 1.807) is 0 Å². The molecule has 25 heavy (non-hydrogen) atoms. The predicted molar refractivity (Wildman–Crippen MR) is 106 cm³/mol. The van der Waals surface area contributed by atoms with Crippen LogP contribution in [0.3, 0.4) is 0 Å². The molecule has 0 spiro atoms. The molecule has 0 unspecified atom stereocenters. The standard InChI is InChI=1S/C22H23NO.H3N/c1-3-15-9-11-20-19(18(15)4-2)6-5-7-22(20)24-17-10-8-16-12-13-23-21(16)14-17;/h5-11,14,23H,3-4,12-13H2,1-2H3;1H3. The molecule has 4 rings (SSSR count). The first-order valence-electron chi connectivity index (χ1n) is 8.88. The molecule has 0 saturated carbocycles. The van der Waals surface area contributed by atoms with Crippen LogP contribution in [0.2, 0.25) is 0 Å². The van der Waals surface area contributed by atoms with Crippen LogP contribution >= 0.6 is 0 Å². The minimum absolute atomic E-state index is 0. The van der Waals surface area contributed by atoms with E-state index in [2.05, 4.69) is 67.7 Å².